The van der Waals surface area contributed by atoms with Gasteiger partial charge in [0.2, 0.25) is 5.91 Å². The Morgan fingerprint density at radius 3 is 2.36 bits per heavy atom. The van der Waals surface area contributed by atoms with Crippen LogP contribution in [0.2, 0.25) is 0 Å². The average molecular weight is 151 g/mol. The molecule has 2 heteroatoms. The molecule has 1 aromatic rings. The van der Waals surface area contributed by atoms with Crippen LogP contribution < -0.4 is 5.32 Å². The molecule has 60 valence electrons. The molecule has 2 nitrogen and oxygen atoms in total. The molecular formula is C9H13NO. The van der Waals surface area contributed by atoms with Crippen LogP contribution in [0.15, 0.2) is 24.3 Å². The van der Waals surface area contributed by atoms with Crippen LogP contribution in [0.5, 0.6) is 0 Å². The molecule has 0 fully saturated rings. The second kappa shape index (κ2) is 3.19. The van der Waals surface area contributed by atoms with E-state index in [4.69, 9.17) is 0 Å². The second-order valence-electron chi connectivity index (χ2n) is 2.55. The fourth-order valence-electron chi connectivity index (χ4n) is 0.840. The number of carbonyl (C=O) groups excluding carboxylic acids is 1. The summed E-state index contributed by atoms with van der Waals surface area (Å²) in [6.45, 7) is 3.51. The Hall–Kier alpha value is -1.31. The van der Waals surface area contributed by atoms with E-state index in [1.165, 1.54) is 12.5 Å². The summed E-state index contributed by atoms with van der Waals surface area (Å²) in [4.78, 5) is 10.6. The molecule has 1 aromatic carbocycles. The Morgan fingerprint density at radius 1 is 1.36 bits per heavy atom. The van der Waals surface area contributed by atoms with Gasteiger partial charge in [0.1, 0.15) is 0 Å². The lowest BCUT2D eigenvalue weighted by atomic mass is 10.2. The number of amides is 1. The normalized spacial score (nSPS) is 9.27. The maximum absolute atomic E-state index is 10.6. The standard InChI is InChI=1S/C9H11NO.H2/c1-7-3-5-9(6-4-7)10-8(2)11;/h3-6H,1-2H3,(H,10,11);1H. The molecule has 1 N–H and O–H groups in total. The molecule has 0 heterocycles. The number of anilines is 1. The molecule has 0 aliphatic rings. The minimum Gasteiger partial charge on any atom is -0.326 e. The maximum Gasteiger partial charge on any atom is 0.221 e. The van der Waals surface area contributed by atoms with Crippen molar-refractivity contribution in [1.82, 2.24) is 0 Å². The molecule has 0 aliphatic heterocycles. The van der Waals surface area contributed by atoms with Gasteiger partial charge in [0.15, 0.2) is 0 Å². The van der Waals surface area contributed by atoms with Gasteiger partial charge in [-0.05, 0) is 19.1 Å². The van der Waals surface area contributed by atoms with E-state index in [0.29, 0.717) is 0 Å². The third-order valence-corrected chi connectivity index (χ3v) is 1.37. The Labute approximate surface area is 67.7 Å². The summed E-state index contributed by atoms with van der Waals surface area (Å²) in [6, 6.07) is 7.70. The predicted molar refractivity (Wildman–Crippen MR) is 47.6 cm³/mol. The lowest BCUT2D eigenvalue weighted by Crippen LogP contribution is -2.05. The van der Waals surface area contributed by atoms with Crippen LogP contribution in [0, 0.1) is 6.92 Å². The average Bonchev–Trinajstić information content (AvgIpc) is 1.93. The van der Waals surface area contributed by atoms with Crippen LogP contribution in [0.3, 0.4) is 0 Å². The van der Waals surface area contributed by atoms with E-state index in [-0.39, 0.29) is 7.33 Å². The minimum absolute atomic E-state index is 0. The highest BCUT2D eigenvalue weighted by Crippen LogP contribution is 2.07. The summed E-state index contributed by atoms with van der Waals surface area (Å²) >= 11 is 0. The molecule has 1 amide bonds. The molecule has 0 unspecified atom stereocenters. The topological polar surface area (TPSA) is 29.1 Å². The monoisotopic (exact) mass is 151 g/mol. The molecule has 0 saturated carbocycles. The molecule has 1 rings (SSSR count). The fraction of sp³-hybridized carbons (Fsp3) is 0.222. The minimum atomic E-state index is -0.0335. The quantitative estimate of drug-likeness (QED) is 0.655. The van der Waals surface area contributed by atoms with Crippen molar-refractivity contribution in [1.29, 1.82) is 0 Å². The molecule has 0 bridgehead atoms. The van der Waals surface area contributed by atoms with Gasteiger partial charge in [-0.15, -0.1) is 0 Å². The predicted octanol–water partition coefficient (Wildman–Crippen LogP) is 2.20. The van der Waals surface area contributed by atoms with Crippen LogP contribution >= 0.6 is 0 Å². The second-order valence-corrected chi connectivity index (χ2v) is 2.55. The third-order valence-electron chi connectivity index (χ3n) is 1.37. The largest absolute Gasteiger partial charge is 0.326 e. The lowest BCUT2D eigenvalue weighted by Gasteiger charge is -2.00. The van der Waals surface area contributed by atoms with E-state index in [9.17, 15) is 4.79 Å². The zero-order valence-corrected chi connectivity index (χ0v) is 6.72. The van der Waals surface area contributed by atoms with Crippen molar-refractivity contribution in [3.8, 4) is 0 Å². The van der Waals surface area contributed by atoms with E-state index in [1.54, 1.807) is 0 Å². The number of benzene rings is 1. The van der Waals surface area contributed by atoms with E-state index in [2.05, 4.69) is 5.32 Å². The van der Waals surface area contributed by atoms with Crippen molar-refractivity contribution < 1.29 is 6.22 Å². The maximum atomic E-state index is 10.6. The smallest absolute Gasteiger partial charge is 0.221 e. The van der Waals surface area contributed by atoms with Crippen LogP contribution in [0.25, 0.3) is 0 Å². The molecule has 0 radical (unpaired) electrons. The van der Waals surface area contributed by atoms with E-state index < -0.39 is 0 Å². The van der Waals surface area contributed by atoms with Crippen molar-refractivity contribution >= 4 is 11.6 Å². The lowest BCUT2D eigenvalue weighted by molar-refractivity contribution is -0.114. The van der Waals surface area contributed by atoms with Gasteiger partial charge in [0, 0.05) is 14.0 Å². The van der Waals surface area contributed by atoms with Gasteiger partial charge in [-0.25, -0.2) is 0 Å². The molecule has 0 saturated heterocycles. The first-order valence-corrected chi connectivity index (χ1v) is 3.53. The van der Waals surface area contributed by atoms with Crippen LogP contribution in [0.4, 0.5) is 5.69 Å². The Balaban J connectivity index is 0.00000121. The summed E-state index contributed by atoms with van der Waals surface area (Å²) < 4.78 is 0. The zero-order chi connectivity index (χ0) is 8.27. The van der Waals surface area contributed by atoms with E-state index >= 15 is 0 Å². The van der Waals surface area contributed by atoms with Crippen LogP contribution in [-0.2, 0) is 4.79 Å². The van der Waals surface area contributed by atoms with Crippen molar-refractivity contribution in [3.05, 3.63) is 29.8 Å². The van der Waals surface area contributed by atoms with Crippen LogP contribution in [-0.4, -0.2) is 5.91 Å². The number of nitrogens with one attached hydrogen (secondary N) is 1. The molecule has 0 aliphatic carbocycles. The molecule has 11 heavy (non-hydrogen) atoms. The third kappa shape index (κ3) is 2.42. The molecule has 0 spiro atoms. The van der Waals surface area contributed by atoms with Crippen molar-refractivity contribution in [3.63, 3.8) is 0 Å². The summed E-state index contributed by atoms with van der Waals surface area (Å²) in [6.07, 6.45) is 0. The van der Waals surface area contributed by atoms with Gasteiger partial charge in [-0.2, -0.15) is 0 Å². The Morgan fingerprint density at radius 2 is 1.91 bits per heavy atom. The Kier molecular flexibility index (Phi) is 2.26. The van der Waals surface area contributed by atoms with E-state index in [1.807, 2.05) is 31.2 Å². The van der Waals surface area contributed by atoms with Gasteiger partial charge >= 0.3 is 0 Å². The van der Waals surface area contributed by atoms with Gasteiger partial charge < -0.3 is 5.32 Å². The number of hydrogen-bond donors (Lipinski definition) is 1. The van der Waals surface area contributed by atoms with Gasteiger partial charge in [0.25, 0.3) is 0 Å². The summed E-state index contributed by atoms with van der Waals surface area (Å²) in [7, 11) is 0. The van der Waals surface area contributed by atoms with Crippen molar-refractivity contribution in [2.24, 2.45) is 0 Å². The summed E-state index contributed by atoms with van der Waals surface area (Å²) in [5.41, 5.74) is 2.04. The summed E-state index contributed by atoms with van der Waals surface area (Å²) in [5, 5.41) is 2.69. The van der Waals surface area contributed by atoms with Gasteiger partial charge in [-0.1, -0.05) is 17.7 Å². The highest BCUT2D eigenvalue weighted by Gasteiger charge is 1.92. The number of aryl methyl sites for hydroxylation is 1. The highest BCUT2D eigenvalue weighted by atomic mass is 16.1. The highest BCUT2D eigenvalue weighted by molar-refractivity contribution is 5.88. The van der Waals surface area contributed by atoms with Crippen LogP contribution in [0.1, 0.15) is 13.9 Å². The van der Waals surface area contributed by atoms with Crippen molar-refractivity contribution in [2.75, 3.05) is 5.32 Å². The molecule has 0 atom stereocenters. The fourth-order valence-corrected chi connectivity index (χ4v) is 0.840. The Bertz CT molecular complexity index is 256. The van der Waals surface area contributed by atoms with Gasteiger partial charge in [0.05, 0.1) is 0 Å². The number of rotatable bonds is 1. The van der Waals surface area contributed by atoms with Gasteiger partial charge in [-0.3, -0.25) is 4.79 Å². The number of hydrogen-bond acceptors (Lipinski definition) is 1. The summed E-state index contributed by atoms with van der Waals surface area (Å²) in [5.74, 6) is -0.0335. The number of carbonyl (C=O) groups is 1. The molecule has 0 aromatic heterocycles. The first-order chi connectivity index (χ1) is 5.18. The SMILES string of the molecule is CC(=O)Nc1ccc(C)cc1.[HH]. The first-order valence-electron chi connectivity index (χ1n) is 3.53. The first kappa shape index (κ1) is 7.79. The molecular weight excluding hydrogens is 138 g/mol. The van der Waals surface area contributed by atoms with E-state index in [0.717, 1.165) is 5.69 Å². The van der Waals surface area contributed by atoms with Crippen molar-refractivity contribution in [2.45, 2.75) is 13.8 Å². The zero-order valence-electron chi connectivity index (χ0n) is 6.72.